The van der Waals surface area contributed by atoms with Crippen LogP contribution in [0.2, 0.25) is 1.82 Å². The number of allylic oxidation sites excluding steroid dienone is 4. The second-order valence-electron chi connectivity index (χ2n) is 4.40. The van der Waals surface area contributed by atoms with Crippen LogP contribution in [0.3, 0.4) is 0 Å². The summed E-state index contributed by atoms with van der Waals surface area (Å²) in [6.45, 7) is 9.16. The van der Waals surface area contributed by atoms with Gasteiger partial charge in [-0.1, -0.05) is 0 Å². The van der Waals surface area contributed by atoms with Gasteiger partial charge in [-0.3, -0.25) is 0 Å². The molecule has 1 atom stereocenters. The topological polar surface area (TPSA) is 0 Å². The van der Waals surface area contributed by atoms with E-state index < -0.39 is 0 Å². The molecule has 0 saturated carbocycles. The van der Waals surface area contributed by atoms with E-state index in [9.17, 15) is 0 Å². The molecule has 0 heterocycles. The quantitative estimate of drug-likeness (QED) is 0.636. The first-order valence-corrected chi connectivity index (χ1v) is 5.84. The standard InChI is InChI=1S/C10H15.La/c1-8-5-6-9(7-8)10(2,3)4;/h5-7H,1-4H3;/q;+2. The third kappa shape index (κ3) is 1.88. The molecule has 0 amide bonds. The summed E-state index contributed by atoms with van der Waals surface area (Å²) in [4.78, 5) is 0. The summed E-state index contributed by atoms with van der Waals surface area (Å²) in [6.07, 6.45) is 7.07. The Morgan fingerprint density at radius 2 is 1.91 bits per heavy atom. The average molecular weight is 274 g/mol. The SMILES string of the molecule is CC1=C[C]([La+2])(C(C)(C)C)C=C1. The van der Waals surface area contributed by atoms with Gasteiger partial charge in [0.05, 0.1) is 0 Å². The van der Waals surface area contributed by atoms with Crippen LogP contribution in [0, 0.1) is 39.1 Å². The van der Waals surface area contributed by atoms with Gasteiger partial charge >= 0.3 is 92.5 Å². The summed E-state index contributed by atoms with van der Waals surface area (Å²) >= 11 is 1.00. The molecular weight excluding hydrogens is 259 g/mol. The predicted octanol–water partition coefficient (Wildman–Crippen LogP) is 3.26. The molecule has 0 fully saturated rings. The van der Waals surface area contributed by atoms with Crippen molar-refractivity contribution in [3.8, 4) is 0 Å². The Hall–Kier alpha value is 0.675. The zero-order valence-corrected chi connectivity index (χ0v) is 11.4. The number of hydrogen-bond acceptors (Lipinski definition) is 0. The van der Waals surface area contributed by atoms with Crippen molar-refractivity contribution in [2.45, 2.75) is 29.5 Å². The van der Waals surface area contributed by atoms with Gasteiger partial charge in [-0.25, -0.2) is 0 Å². The Kier molecular flexibility index (Phi) is 2.54. The summed E-state index contributed by atoms with van der Waals surface area (Å²) in [5.74, 6) is 0. The van der Waals surface area contributed by atoms with E-state index in [2.05, 4.69) is 45.9 Å². The molecule has 0 spiro atoms. The Morgan fingerprint density at radius 3 is 2.09 bits per heavy atom. The zero-order valence-electron chi connectivity index (χ0n) is 7.81. The maximum absolute atomic E-state index is 2.43. The molecule has 0 aromatic rings. The van der Waals surface area contributed by atoms with Crippen molar-refractivity contribution in [2.75, 3.05) is 0 Å². The Bertz CT molecular complexity index is 218. The molecule has 0 radical (unpaired) electrons. The van der Waals surface area contributed by atoms with E-state index >= 15 is 0 Å². The predicted molar refractivity (Wildman–Crippen MR) is 45.0 cm³/mol. The van der Waals surface area contributed by atoms with Crippen LogP contribution >= 0.6 is 0 Å². The molecule has 0 bridgehead atoms. The second-order valence-corrected chi connectivity index (χ2v) is 7.40. The summed E-state index contributed by atoms with van der Waals surface area (Å²) in [5, 5.41) is 0. The van der Waals surface area contributed by atoms with Crippen molar-refractivity contribution in [2.24, 2.45) is 5.41 Å². The molecule has 1 unspecified atom stereocenters. The minimum absolute atomic E-state index is 0.409. The summed E-state index contributed by atoms with van der Waals surface area (Å²) in [6, 6.07) is 0. The van der Waals surface area contributed by atoms with Crippen molar-refractivity contribution in [1.82, 2.24) is 0 Å². The van der Waals surface area contributed by atoms with Gasteiger partial charge in [0.15, 0.2) is 0 Å². The van der Waals surface area contributed by atoms with Crippen molar-refractivity contribution >= 4 is 0 Å². The Morgan fingerprint density at radius 1 is 1.36 bits per heavy atom. The zero-order chi connectivity index (χ0) is 8.70. The second kappa shape index (κ2) is 2.87. The fraction of sp³-hybridized carbons (Fsp3) is 0.600. The molecule has 1 rings (SSSR count). The van der Waals surface area contributed by atoms with Crippen LogP contribution in [0.25, 0.3) is 0 Å². The van der Waals surface area contributed by atoms with Gasteiger partial charge in [0.1, 0.15) is 0 Å². The maximum atomic E-state index is 2.43. The normalized spacial score (nSPS) is 30.9. The molecule has 1 aliphatic rings. The fourth-order valence-electron chi connectivity index (χ4n) is 1.21. The van der Waals surface area contributed by atoms with Crippen LogP contribution in [-0.4, -0.2) is 0 Å². The minimum atomic E-state index is 0.409. The van der Waals surface area contributed by atoms with E-state index in [-0.39, 0.29) is 0 Å². The van der Waals surface area contributed by atoms with Gasteiger partial charge in [0.25, 0.3) is 0 Å². The van der Waals surface area contributed by atoms with Crippen molar-refractivity contribution < 1.29 is 33.7 Å². The number of rotatable bonds is 0. The molecular formula is C10H15La+2. The van der Waals surface area contributed by atoms with Crippen LogP contribution in [0.15, 0.2) is 23.8 Å². The van der Waals surface area contributed by atoms with E-state index in [0.29, 0.717) is 7.23 Å². The molecule has 1 aliphatic carbocycles. The van der Waals surface area contributed by atoms with Crippen LogP contribution in [0.5, 0.6) is 0 Å². The molecule has 0 aliphatic heterocycles. The summed E-state index contributed by atoms with van der Waals surface area (Å²) < 4.78 is 0.428. The number of hydrogen-bond donors (Lipinski definition) is 0. The molecule has 56 valence electrons. The van der Waals surface area contributed by atoms with Gasteiger partial charge in [-0.2, -0.15) is 0 Å². The van der Waals surface area contributed by atoms with Gasteiger partial charge in [-0.15, -0.1) is 0 Å². The van der Waals surface area contributed by atoms with Gasteiger partial charge < -0.3 is 0 Å². The van der Waals surface area contributed by atoms with Crippen molar-refractivity contribution in [3.63, 3.8) is 0 Å². The molecule has 11 heavy (non-hydrogen) atoms. The van der Waals surface area contributed by atoms with Crippen LogP contribution in [-0.2, 0) is 0 Å². The molecule has 1 heteroatoms. The first-order valence-electron chi connectivity index (χ1n) is 4.03. The molecule has 0 N–H and O–H groups in total. The van der Waals surface area contributed by atoms with E-state index in [1.165, 1.54) is 5.57 Å². The first kappa shape index (κ1) is 9.76. The monoisotopic (exact) mass is 274 g/mol. The molecule has 0 aromatic heterocycles. The van der Waals surface area contributed by atoms with Gasteiger partial charge in [-0.05, 0) is 0 Å². The Labute approximate surface area is 91.8 Å². The van der Waals surface area contributed by atoms with Gasteiger partial charge in [0.2, 0.25) is 0 Å². The molecule has 0 nitrogen and oxygen atoms in total. The summed E-state index contributed by atoms with van der Waals surface area (Å²) in [7, 11) is 0. The van der Waals surface area contributed by atoms with E-state index in [1.807, 2.05) is 0 Å². The average Bonchev–Trinajstić information content (AvgIpc) is 2.10. The van der Waals surface area contributed by atoms with Gasteiger partial charge in [0, 0.05) is 0 Å². The fourth-order valence-corrected chi connectivity index (χ4v) is 2.34. The van der Waals surface area contributed by atoms with Crippen LogP contribution < -0.4 is 0 Å². The first-order chi connectivity index (χ1) is 4.85. The third-order valence-corrected chi connectivity index (χ3v) is 6.23. The molecule has 0 aromatic carbocycles. The third-order valence-electron chi connectivity index (χ3n) is 2.39. The Balaban J connectivity index is 2.97. The molecule has 0 saturated heterocycles. The van der Waals surface area contributed by atoms with E-state index in [1.54, 1.807) is 0 Å². The van der Waals surface area contributed by atoms with Crippen molar-refractivity contribution in [1.29, 1.82) is 0 Å². The van der Waals surface area contributed by atoms with E-state index in [4.69, 9.17) is 0 Å². The van der Waals surface area contributed by atoms with Crippen LogP contribution in [0.1, 0.15) is 27.7 Å². The summed E-state index contributed by atoms with van der Waals surface area (Å²) in [5.41, 5.74) is 1.84. The van der Waals surface area contributed by atoms with Crippen molar-refractivity contribution in [3.05, 3.63) is 23.8 Å². The van der Waals surface area contributed by atoms with E-state index in [0.717, 1.165) is 33.7 Å². The van der Waals surface area contributed by atoms with Crippen LogP contribution in [0.4, 0.5) is 0 Å².